The molecule has 0 fully saturated rings. The molecule has 0 saturated heterocycles. The Hall–Kier alpha value is -3.68. The van der Waals surface area contributed by atoms with Gasteiger partial charge in [-0.05, 0) is 54.3 Å². The maximum atomic E-state index is 11.1. The number of aromatic carboxylic acids is 1. The van der Waals surface area contributed by atoms with E-state index in [2.05, 4.69) is 34.1 Å². The first-order valence-corrected chi connectivity index (χ1v) is 11.6. The first kappa shape index (κ1) is 24.4. The van der Waals surface area contributed by atoms with Crippen LogP contribution in [0.2, 0.25) is 10.0 Å². The summed E-state index contributed by atoms with van der Waals surface area (Å²) in [7, 11) is 0. The Bertz CT molecular complexity index is 1320. The smallest absolute Gasteiger partial charge is 0.335 e. The van der Waals surface area contributed by atoms with Gasteiger partial charge in [-0.3, -0.25) is 0 Å². The molecule has 0 aliphatic rings. The number of halogens is 2. The highest BCUT2D eigenvalue weighted by Crippen LogP contribution is 2.35. The van der Waals surface area contributed by atoms with Gasteiger partial charge in [-0.2, -0.15) is 15.0 Å². The minimum atomic E-state index is -1.01. The van der Waals surface area contributed by atoms with Crippen LogP contribution in [0.5, 0.6) is 11.8 Å². The molecule has 1 heterocycles. The molecule has 0 saturated carbocycles. The van der Waals surface area contributed by atoms with E-state index in [1.807, 2.05) is 24.3 Å². The highest BCUT2D eigenvalue weighted by Gasteiger charge is 2.15. The number of rotatable bonds is 8. The van der Waals surface area contributed by atoms with Gasteiger partial charge in [0, 0.05) is 11.3 Å². The molecule has 0 aliphatic heterocycles. The maximum Gasteiger partial charge on any atom is 0.335 e. The van der Waals surface area contributed by atoms with Crippen LogP contribution in [0.15, 0.2) is 66.7 Å². The molecular formula is C26H22Cl2N4O3. The summed E-state index contributed by atoms with van der Waals surface area (Å²) >= 11 is 12.5. The fourth-order valence-corrected chi connectivity index (χ4v) is 3.82. The normalized spacial score (nSPS) is 10.9. The molecule has 4 rings (SSSR count). The number of nitrogens with zero attached hydrogens (tertiary/aromatic N) is 3. The maximum absolute atomic E-state index is 11.1. The number of carbonyl (C=O) groups is 1. The summed E-state index contributed by atoms with van der Waals surface area (Å²) in [5.74, 6) is 0.368. The van der Waals surface area contributed by atoms with Crippen LogP contribution < -0.4 is 10.1 Å². The van der Waals surface area contributed by atoms with Crippen LogP contribution in [0.3, 0.4) is 0 Å². The van der Waals surface area contributed by atoms with E-state index in [-0.39, 0.29) is 23.3 Å². The molecule has 0 aliphatic carbocycles. The quantitative estimate of drug-likeness (QED) is 0.258. The number of benzene rings is 3. The van der Waals surface area contributed by atoms with Crippen LogP contribution in [-0.2, 0) is 6.42 Å². The third kappa shape index (κ3) is 6.26. The van der Waals surface area contributed by atoms with Gasteiger partial charge < -0.3 is 15.2 Å². The molecule has 1 aromatic heterocycles. The van der Waals surface area contributed by atoms with E-state index < -0.39 is 5.97 Å². The fourth-order valence-electron chi connectivity index (χ4n) is 3.35. The fraction of sp³-hybridized carbons (Fsp3) is 0.154. The van der Waals surface area contributed by atoms with Crippen molar-refractivity contribution in [2.75, 3.05) is 5.32 Å². The van der Waals surface area contributed by atoms with Crippen molar-refractivity contribution in [1.29, 1.82) is 0 Å². The molecule has 3 aromatic carbocycles. The average Bonchev–Trinajstić information content (AvgIpc) is 2.82. The van der Waals surface area contributed by atoms with Crippen LogP contribution >= 0.6 is 23.2 Å². The van der Waals surface area contributed by atoms with E-state index in [4.69, 9.17) is 33.0 Å². The Morgan fingerprint density at radius 3 is 2.20 bits per heavy atom. The van der Waals surface area contributed by atoms with E-state index in [0.717, 1.165) is 12.0 Å². The van der Waals surface area contributed by atoms with Gasteiger partial charge in [0.15, 0.2) is 11.6 Å². The topological polar surface area (TPSA) is 97.2 Å². The van der Waals surface area contributed by atoms with Crippen molar-refractivity contribution < 1.29 is 14.6 Å². The highest BCUT2D eigenvalue weighted by atomic mass is 35.5. The highest BCUT2D eigenvalue weighted by molar-refractivity contribution is 6.37. The minimum absolute atomic E-state index is 0.000845. The standard InChI is InChI=1S/C26H22Cl2N4O3/c1-15(2)14-16-6-8-17(9-7-16)23-30-25(29-19-12-10-18(11-13-19)24(33)34)32-26(31-23)35-22-20(27)4-3-5-21(22)28/h3-13,15H,14H2,1-2H3,(H,33,34)(H,29,30,31,32). The van der Waals surface area contributed by atoms with Crippen LogP contribution in [0.4, 0.5) is 11.6 Å². The third-order valence-electron chi connectivity index (χ3n) is 4.97. The molecule has 0 bridgehead atoms. The number of anilines is 2. The molecule has 0 atom stereocenters. The zero-order valence-electron chi connectivity index (χ0n) is 19.0. The molecule has 2 N–H and O–H groups in total. The van der Waals surface area contributed by atoms with Crippen molar-refractivity contribution in [2.24, 2.45) is 5.92 Å². The van der Waals surface area contributed by atoms with E-state index in [1.165, 1.54) is 17.7 Å². The molecule has 0 radical (unpaired) electrons. The molecule has 9 heteroatoms. The van der Waals surface area contributed by atoms with Gasteiger partial charge in [0.2, 0.25) is 5.95 Å². The molecule has 0 unspecified atom stereocenters. The Balaban J connectivity index is 1.70. The predicted octanol–water partition coefficient (Wildman–Crippen LogP) is 7.28. The van der Waals surface area contributed by atoms with Crippen LogP contribution in [0.1, 0.15) is 29.8 Å². The van der Waals surface area contributed by atoms with E-state index in [1.54, 1.807) is 30.3 Å². The SMILES string of the molecule is CC(C)Cc1ccc(-c2nc(Nc3ccc(C(=O)O)cc3)nc(Oc3c(Cl)cccc3Cl)n2)cc1. The first-order chi connectivity index (χ1) is 16.8. The van der Waals surface area contributed by atoms with Crippen molar-refractivity contribution in [3.8, 4) is 23.1 Å². The van der Waals surface area contributed by atoms with Gasteiger partial charge in [-0.15, -0.1) is 0 Å². The number of nitrogens with one attached hydrogen (secondary N) is 1. The summed E-state index contributed by atoms with van der Waals surface area (Å²) in [5.41, 5.74) is 2.76. The number of ether oxygens (including phenoxy) is 1. The molecule has 0 amide bonds. The lowest BCUT2D eigenvalue weighted by Gasteiger charge is -2.12. The Labute approximate surface area is 212 Å². The van der Waals surface area contributed by atoms with Crippen molar-refractivity contribution in [2.45, 2.75) is 20.3 Å². The van der Waals surface area contributed by atoms with Crippen LogP contribution in [0.25, 0.3) is 11.4 Å². The van der Waals surface area contributed by atoms with Gasteiger partial charge in [0.1, 0.15) is 0 Å². The summed E-state index contributed by atoms with van der Waals surface area (Å²) in [5, 5.41) is 12.8. The van der Waals surface area contributed by atoms with Gasteiger partial charge in [0.05, 0.1) is 15.6 Å². The molecule has 35 heavy (non-hydrogen) atoms. The molecule has 7 nitrogen and oxygen atoms in total. The number of hydrogen-bond acceptors (Lipinski definition) is 6. The zero-order chi connectivity index (χ0) is 24.9. The number of hydrogen-bond donors (Lipinski definition) is 2. The number of para-hydroxylation sites is 1. The Kier molecular flexibility index (Phi) is 7.48. The first-order valence-electron chi connectivity index (χ1n) is 10.9. The summed E-state index contributed by atoms with van der Waals surface area (Å²) in [6.45, 7) is 4.34. The van der Waals surface area contributed by atoms with Crippen molar-refractivity contribution in [3.05, 3.63) is 87.9 Å². The average molecular weight is 509 g/mol. The predicted molar refractivity (Wildman–Crippen MR) is 137 cm³/mol. The van der Waals surface area contributed by atoms with Gasteiger partial charge in [0.25, 0.3) is 0 Å². The van der Waals surface area contributed by atoms with Crippen LogP contribution in [0, 0.1) is 5.92 Å². The molecule has 0 spiro atoms. The molecule has 4 aromatic rings. The van der Waals surface area contributed by atoms with Gasteiger partial charge in [-0.25, -0.2) is 4.79 Å². The number of carboxylic acids is 1. The third-order valence-corrected chi connectivity index (χ3v) is 5.57. The van der Waals surface area contributed by atoms with Gasteiger partial charge >= 0.3 is 12.0 Å². The van der Waals surface area contributed by atoms with Crippen LogP contribution in [-0.4, -0.2) is 26.0 Å². The molecule has 178 valence electrons. The van der Waals surface area contributed by atoms with E-state index in [0.29, 0.717) is 27.5 Å². The molecular weight excluding hydrogens is 487 g/mol. The largest absolute Gasteiger partial charge is 0.478 e. The lowest BCUT2D eigenvalue weighted by atomic mass is 10.0. The monoisotopic (exact) mass is 508 g/mol. The summed E-state index contributed by atoms with van der Waals surface area (Å²) in [6, 6.07) is 19.2. The second-order valence-corrected chi connectivity index (χ2v) is 9.03. The Morgan fingerprint density at radius 2 is 1.60 bits per heavy atom. The number of aromatic nitrogens is 3. The second kappa shape index (κ2) is 10.7. The van der Waals surface area contributed by atoms with E-state index in [9.17, 15) is 4.79 Å². The van der Waals surface area contributed by atoms with Crippen molar-refractivity contribution >= 4 is 40.8 Å². The van der Waals surface area contributed by atoms with E-state index >= 15 is 0 Å². The zero-order valence-corrected chi connectivity index (χ0v) is 20.5. The number of carboxylic acid groups (broad SMARTS) is 1. The van der Waals surface area contributed by atoms with Crippen molar-refractivity contribution in [3.63, 3.8) is 0 Å². The Morgan fingerprint density at radius 1 is 0.943 bits per heavy atom. The lowest BCUT2D eigenvalue weighted by Crippen LogP contribution is -2.04. The van der Waals surface area contributed by atoms with Gasteiger partial charge in [-0.1, -0.05) is 67.4 Å². The lowest BCUT2D eigenvalue weighted by molar-refractivity contribution is 0.0697. The second-order valence-electron chi connectivity index (χ2n) is 8.22. The summed E-state index contributed by atoms with van der Waals surface area (Å²) < 4.78 is 5.86. The summed E-state index contributed by atoms with van der Waals surface area (Å²) in [6.07, 6.45) is 0.968. The minimum Gasteiger partial charge on any atom is -0.478 e. The van der Waals surface area contributed by atoms with Crippen molar-refractivity contribution in [1.82, 2.24) is 15.0 Å². The summed E-state index contributed by atoms with van der Waals surface area (Å²) in [4.78, 5) is 24.5.